The Morgan fingerprint density at radius 3 is 2.00 bits per heavy atom. The number of benzene rings is 3. The van der Waals surface area contributed by atoms with Crippen molar-refractivity contribution in [2.45, 2.75) is 70.1 Å². The summed E-state index contributed by atoms with van der Waals surface area (Å²) in [6.45, 7) is 7.07. The summed E-state index contributed by atoms with van der Waals surface area (Å²) >= 11 is 1.94. The Morgan fingerprint density at radius 2 is 1.36 bits per heavy atom. The van der Waals surface area contributed by atoms with Crippen molar-refractivity contribution in [3.63, 3.8) is 0 Å². The Bertz CT molecular complexity index is 1330. The molecule has 0 amide bonds. The molecular weight excluding hydrogens is 416 g/mol. The molecule has 1 heteroatoms. The summed E-state index contributed by atoms with van der Waals surface area (Å²) in [5.74, 6) is 3.00. The second-order valence-electron chi connectivity index (χ2n) is 12.5. The molecule has 33 heavy (non-hydrogen) atoms. The number of hydrogen-bond acceptors (Lipinski definition) is 1. The maximum atomic E-state index is 2.49. The first-order valence-corrected chi connectivity index (χ1v) is 13.8. The van der Waals surface area contributed by atoms with Crippen molar-refractivity contribution in [1.82, 2.24) is 0 Å². The van der Waals surface area contributed by atoms with Crippen molar-refractivity contribution in [2.75, 3.05) is 0 Å². The predicted octanol–water partition coefficient (Wildman–Crippen LogP) is 9.49. The fraction of sp³-hybridized carbons (Fsp3) is 0.438. The standard InChI is InChI=1S/C32H34S/c1-31(2,3)27-15-24(16-29-30(27)26-6-4-5-7-28(26)33-29)23-8-10-25(11-9-23)32-17-20-12-21(18-32)14-22(13-20)19-32/h4-11,15-16,20-22H,12-14,17-19H2,1-3H3. The molecule has 0 N–H and O–H groups in total. The third-order valence-corrected chi connectivity index (χ3v) is 10.3. The van der Waals surface area contributed by atoms with Gasteiger partial charge in [0.2, 0.25) is 0 Å². The van der Waals surface area contributed by atoms with Crippen LogP contribution in [0.2, 0.25) is 0 Å². The molecule has 4 bridgehead atoms. The summed E-state index contributed by atoms with van der Waals surface area (Å²) in [5.41, 5.74) is 6.43. The molecule has 4 aliphatic rings. The summed E-state index contributed by atoms with van der Waals surface area (Å²) in [5, 5.41) is 2.86. The molecule has 1 heterocycles. The Hall–Kier alpha value is -2.12. The van der Waals surface area contributed by atoms with Gasteiger partial charge in [-0.25, -0.2) is 0 Å². The van der Waals surface area contributed by atoms with E-state index in [1.165, 1.54) is 75.4 Å². The maximum absolute atomic E-state index is 2.49. The highest BCUT2D eigenvalue weighted by molar-refractivity contribution is 7.25. The van der Waals surface area contributed by atoms with Crippen molar-refractivity contribution in [3.8, 4) is 11.1 Å². The van der Waals surface area contributed by atoms with Crippen LogP contribution >= 0.6 is 11.3 Å². The molecule has 0 aliphatic heterocycles. The lowest BCUT2D eigenvalue weighted by molar-refractivity contribution is -0.00518. The van der Waals surface area contributed by atoms with Crippen LogP contribution in [0.15, 0.2) is 60.7 Å². The fourth-order valence-corrected chi connectivity index (χ4v) is 9.26. The number of fused-ring (bicyclic) bond motifs is 3. The molecule has 4 fully saturated rings. The van der Waals surface area contributed by atoms with Gasteiger partial charge in [-0.1, -0.05) is 63.2 Å². The first kappa shape index (κ1) is 20.3. The normalized spacial score (nSPS) is 28.8. The van der Waals surface area contributed by atoms with E-state index in [0.29, 0.717) is 5.41 Å². The first-order valence-electron chi connectivity index (χ1n) is 12.9. The van der Waals surface area contributed by atoms with Gasteiger partial charge in [0.15, 0.2) is 0 Å². The quantitative estimate of drug-likeness (QED) is 0.285. The predicted molar refractivity (Wildman–Crippen MR) is 143 cm³/mol. The van der Waals surface area contributed by atoms with Gasteiger partial charge in [0, 0.05) is 20.2 Å². The molecule has 4 saturated carbocycles. The van der Waals surface area contributed by atoms with Crippen LogP contribution in [-0.4, -0.2) is 0 Å². The molecule has 8 rings (SSSR count). The smallest absolute Gasteiger partial charge is 0.0364 e. The van der Waals surface area contributed by atoms with E-state index in [2.05, 4.69) is 81.4 Å². The van der Waals surface area contributed by atoms with Crippen molar-refractivity contribution < 1.29 is 0 Å². The minimum Gasteiger partial charge on any atom is -0.135 e. The van der Waals surface area contributed by atoms with Crippen LogP contribution in [0, 0.1) is 17.8 Å². The Morgan fingerprint density at radius 1 is 0.727 bits per heavy atom. The number of hydrogen-bond donors (Lipinski definition) is 0. The summed E-state index contributed by atoms with van der Waals surface area (Å²) < 4.78 is 2.82. The molecule has 4 aromatic rings. The highest BCUT2D eigenvalue weighted by Gasteiger charge is 2.51. The van der Waals surface area contributed by atoms with Crippen LogP contribution < -0.4 is 0 Å². The van der Waals surface area contributed by atoms with Crippen LogP contribution in [0.5, 0.6) is 0 Å². The molecule has 0 saturated heterocycles. The Balaban J connectivity index is 1.32. The van der Waals surface area contributed by atoms with Crippen molar-refractivity contribution >= 4 is 31.5 Å². The van der Waals surface area contributed by atoms with Gasteiger partial charge in [0.05, 0.1) is 0 Å². The molecule has 4 aliphatic carbocycles. The summed E-state index contributed by atoms with van der Waals surface area (Å²) in [4.78, 5) is 0. The van der Waals surface area contributed by atoms with E-state index in [0.717, 1.165) is 17.8 Å². The maximum Gasteiger partial charge on any atom is 0.0364 e. The molecule has 1 aromatic heterocycles. The van der Waals surface area contributed by atoms with Gasteiger partial charge in [-0.05, 0) is 108 Å². The zero-order chi connectivity index (χ0) is 22.4. The van der Waals surface area contributed by atoms with Crippen molar-refractivity contribution in [2.24, 2.45) is 17.8 Å². The summed E-state index contributed by atoms with van der Waals surface area (Å²) in [6, 6.07) is 23.7. The fourth-order valence-electron chi connectivity index (χ4n) is 8.09. The first-order chi connectivity index (χ1) is 15.9. The van der Waals surface area contributed by atoms with E-state index >= 15 is 0 Å². The molecule has 0 nitrogen and oxygen atoms in total. The van der Waals surface area contributed by atoms with Gasteiger partial charge in [-0.3, -0.25) is 0 Å². The van der Waals surface area contributed by atoms with Crippen LogP contribution in [0.25, 0.3) is 31.3 Å². The lowest BCUT2D eigenvalue weighted by Crippen LogP contribution is -2.48. The minimum atomic E-state index is 0.108. The largest absolute Gasteiger partial charge is 0.135 e. The molecule has 0 unspecified atom stereocenters. The lowest BCUT2D eigenvalue weighted by Gasteiger charge is -2.57. The molecule has 0 atom stereocenters. The van der Waals surface area contributed by atoms with Gasteiger partial charge >= 0.3 is 0 Å². The van der Waals surface area contributed by atoms with Crippen molar-refractivity contribution in [1.29, 1.82) is 0 Å². The van der Waals surface area contributed by atoms with Crippen LogP contribution in [0.4, 0.5) is 0 Å². The van der Waals surface area contributed by atoms with Gasteiger partial charge in [-0.15, -0.1) is 11.3 Å². The van der Waals surface area contributed by atoms with E-state index in [1.54, 1.807) is 5.56 Å². The molecule has 0 radical (unpaired) electrons. The average molecular weight is 451 g/mol. The van der Waals surface area contributed by atoms with Gasteiger partial charge in [-0.2, -0.15) is 0 Å². The monoisotopic (exact) mass is 450 g/mol. The van der Waals surface area contributed by atoms with E-state index in [4.69, 9.17) is 0 Å². The van der Waals surface area contributed by atoms with Crippen LogP contribution in [0.3, 0.4) is 0 Å². The Labute approximate surface area is 202 Å². The molecular formula is C32H34S. The third kappa shape index (κ3) is 3.15. The average Bonchev–Trinajstić information content (AvgIpc) is 3.15. The second kappa shape index (κ2) is 6.95. The third-order valence-electron chi connectivity index (χ3n) is 9.16. The van der Waals surface area contributed by atoms with E-state index in [-0.39, 0.29) is 5.41 Å². The number of thiophene rings is 1. The highest BCUT2D eigenvalue weighted by Crippen LogP contribution is 2.60. The van der Waals surface area contributed by atoms with E-state index in [1.807, 2.05) is 11.3 Å². The van der Waals surface area contributed by atoms with Crippen LogP contribution in [0.1, 0.15) is 70.4 Å². The lowest BCUT2D eigenvalue weighted by atomic mass is 9.48. The van der Waals surface area contributed by atoms with Gasteiger partial charge in [0.1, 0.15) is 0 Å². The topological polar surface area (TPSA) is 0 Å². The number of rotatable bonds is 2. The van der Waals surface area contributed by atoms with Crippen molar-refractivity contribution in [3.05, 3.63) is 71.8 Å². The summed E-state index contributed by atoms with van der Waals surface area (Å²) in [7, 11) is 0. The van der Waals surface area contributed by atoms with Gasteiger partial charge < -0.3 is 0 Å². The second-order valence-corrected chi connectivity index (χ2v) is 13.6. The minimum absolute atomic E-state index is 0.108. The zero-order valence-corrected chi connectivity index (χ0v) is 21.0. The summed E-state index contributed by atoms with van der Waals surface area (Å²) in [6.07, 6.45) is 8.88. The Kier molecular flexibility index (Phi) is 4.27. The van der Waals surface area contributed by atoms with Gasteiger partial charge in [0.25, 0.3) is 0 Å². The molecule has 0 spiro atoms. The highest BCUT2D eigenvalue weighted by atomic mass is 32.1. The SMILES string of the molecule is CC(C)(C)c1cc(-c2ccc(C34CC5CC(CC(C5)C3)C4)cc2)cc2sc3ccccc3c12. The molecule has 3 aromatic carbocycles. The van der Waals surface area contributed by atoms with E-state index in [9.17, 15) is 0 Å². The van der Waals surface area contributed by atoms with E-state index < -0.39 is 0 Å². The zero-order valence-electron chi connectivity index (χ0n) is 20.2. The van der Waals surface area contributed by atoms with Crippen LogP contribution in [-0.2, 0) is 10.8 Å². The molecule has 168 valence electrons.